The van der Waals surface area contributed by atoms with Crippen LogP contribution < -0.4 is 5.32 Å². The average molecular weight is 279 g/mol. The van der Waals surface area contributed by atoms with Gasteiger partial charge < -0.3 is 9.88 Å². The van der Waals surface area contributed by atoms with E-state index < -0.39 is 0 Å². The summed E-state index contributed by atoms with van der Waals surface area (Å²) < 4.78 is 3.48. The van der Waals surface area contributed by atoms with Crippen molar-refractivity contribution in [2.24, 2.45) is 7.05 Å². The van der Waals surface area contributed by atoms with E-state index in [1.807, 2.05) is 0 Å². The van der Waals surface area contributed by atoms with Crippen molar-refractivity contribution in [3.8, 4) is 0 Å². The lowest BCUT2D eigenvalue weighted by atomic mass is 10.1. The number of aromatic nitrogens is 1. The van der Waals surface area contributed by atoms with E-state index in [0.717, 1.165) is 17.6 Å². The molecule has 3 heteroatoms. The van der Waals surface area contributed by atoms with Crippen LogP contribution in [-0.2, 0) is 7.05 Å². The minimum Gasteiger partial charge on any atom is -0.347 e. The van der Waals surface area contributed by atoms with Gasteiger partial charge in [-0.05, 0) is 36.6 Å². The number of hydrogen-bond acceptors (Lipinski definition) is 1. The Labute approximate surface area is 104 Å². The lowest BCUT2D eigenvalue weighted by molar-refractivity contribution is 0.694. The normalized spacial score (nSPS) is 20.8. The summed E-state index contributed by atoms with van der Waals surface area (Å²) in [5.74, 6) is 0.677. The van der Waals surface area contributed by atoms with Gasteiger partial charge in [0.2, 0.25) is 0 Å². The molecule has 1 fully saturated rings. The third-order valence-electron chi connectivity index (χ3n) is 3.52. The molecule has 1 atom stereocenters. The monoisotopic (exact) mass is 278 g/mol. The van der Waals surface area contributed by atoms with Gasteiger partial charge in [0.15, 0.2) is 0 Å². The Morgan fingerprint density at radius 2 is 2.25 bits per heavy atom. The third-order valence-corrected chi connectivity index (χ3v) is 4.02. The fourth-order valence-electron chi connectivity index (χ4n) is 2.62. The largest absolute Gasteiger partial charge is 0.347 e. The Morgan fingerprint density at radius 3 is 3.00 bits per heavy atom. The van der Waals surface area contributed by atoms with Gasteiger partial charge in [0.05, 0.1) is 0 Å². The van der Waals surface area contributed by atoms with E-state index in [9.17, 15) is 0 Å². The van der Waals surface area contributed by atoms with Gasteiger partial charge in [0.25, 0.3) is 0 Å². The van der Waals surface area contributed by atoms with Crippen molar-refractivity contribution in [3.63, 3.8) is 0 Å². The van der Waals surface area contributed by atoms with Crippen LogP contribution in [0.4, 0.5) is 0 Å². The summed E-state index contributed by atoms with van der Waals surface area (Å²) >= 11 is 3.53. The van der Waals surface area contributed by atoms with E-state index in [-0.39, 0.29) is 0 Å². The summed E-state index contributed by atoms with van der Waals surface area (Å²) in [6, 6.07) is 8.82. The highest BCUT2D eigenvalue weighted by Crippen LogP contribution is 2.29. The maximum atomic E-state index is 3.53. The molecule has 2 aromatic rings. The average Bonchev–Trinajstić information content (AvgIpc) is 2.87. The number of aryl methyl sites for hydroxylation is 1. The summed E-state index contributed by atoms with van der Waals surface area (Å²) in [6.45, 7) is 2.27. The van der Waals surface area contributed by atoms with Crippen LogP contribution in [0.3, 0.4) is 0 Å². The van der Waals surface area contributed by atoms with Gasteiger partial charge in [-0.2, -0.15) is 0 Å². The van der Waals surface area contributed by atoms with Crippen LogP contribution in [0.25, 0.3) is 10.9 Å². The molecule has 0 spiro atoms. The topological polar surface area (TPSA) is 17.0 Å². The van der Waals surface area contributed by atoms with Crippen LogP contribution >= 0.6 is 15.9 Å². The lowest BCUT2D eigenvalue weighted by Crippen LogP contribution is -2.10. The van der Waals surface area contributed by atoms with E-state index >= 15 is 0 Å². The third kappa shape index (κ3) is 1.59. The molecule has 1 aromatic heterocycles. The van der Waals surface area contributed by atoms with E-state index in [1.54, 1.807) is 0 Å². The van der Waals surface area contributed by atoms with Crippen molar-refractivity contribution in [2.45, 2.75) is 12.3 Å². The number of fused-ring (bicyclic) bond motifs is 1. The molecule has 0 saturated carbocycles. The predicted molar refractivity (Wildman–Crippen MR) is 70.8 cm³/mol. The number of benzene rings is 1. The number of halogens is 1. The molecule has 0 bridgehead atoms. The molecule has 2 heterocycles. The molecule has 16 heavy (non-hydrogen) atoms. The van der Waals surface area contributed by atoms with Crippen molar-refractivity contribution >= 4 is 26.8 Å². The van der Waals surface area contributed by atoms with Gasteiger partial charge in [-0.3, -0.25) is 0 Å². The van der Waals surface area contributed by atoms with Crippen molar-refractivity contribution in [2.75, 3.05) is 13.1 Å². The SMILES string of the molecule is Cn1c(C2CCNC2)cc2ccc(Br)cc21. The smallest absolute Gasteiger partial charge is 0.0491 e. The molecular formula is C13H15BrN2. The van der Waals surface area contributed by atoms with Crippen LogP contribution in [0.15, 0.2) is 28.7 Å². The number of nitrogens with zero attached hydrogens (tertiary/aromatic N) is 1. The molecule has 1 unspecified atom stereocenters. The molecule has 0 aliphatic carbocycles. The van der Waals surface area contributed by atoms with Crippen LogP contribution in [0, 0.1) is 0 Å². The van der Waals surface area contributed by atoms with Gasteiger partial charge >= 0.3 is 0 Å². The summed E-state index contributed by atoms with van der Waals surface area (Å²) in [7, 11) is 2.17. The zero-order chi connectivity index (χ0) is 11.1. The van der Waals surface area contributed by atoms with Crippen molar-refractivity contribution in [3.05, 3.63) is 34.4 Å². The fourth-order valence-corrected chi connectivity index (χ4v) is 2.97. The highest BCUT2D eigenvalue weighted by atomic mass is 79.9. The quantitative estimate of drug-likeness (QED) is 0.849. The first kappa shape index (κ1) is 10.4. The lowest BCUT2D eigenvalue weighted by Gasteiger charge is -2.10. The summed E-state index contributed by atoms with van der Waals surface area (Å²) in [5, 5.41) is 4.77. The van der Waals surface area contributed by atoms with E-state index in [0.29, 0.717) is 5.92 Å². The first-order chi connectivity index (χ1) is 7.75. The minimum absolute atomic E-state index is 0.677. The van der Waals surface area contributed by atoms with Crippen LogP contribution in [0.1, 0.15) is 18.0 Å². The molecule has 1 aromatic carbocycles. The standard InChI is InChI=1S/C13H15BrN2/c1-16-12(10-4-5-15-8-10)6-9-2-3-11(14)7-13(9)16/h2-3,6-7,10,15H,4-5,8H2,1H3. The molecular weight excluding hydrogens is 264 g/mol. The molecule has 3 rings (SSSR count). The van der Waals surface area contributed by atoms with Gasteiger partial charge in [-0.15, -0.1) is 0 Å². The second kappa shape index (κ2) is 3.90. The first-order valence-corrected chi connectivity index (χ1v) is 6.50. The Hall–Kier alpha value is -0.800. The van der Waals surface area contributed by atoms with E-state index in [2.05, 4.69) is 57.1 Å². The van der Waals surface area contributed by atoms with E-state index in [1.165, 1.54) is 23.0 Å². The summed E-state index contributed by atoms with van der Waals surface area (Å²) in [5.41, 5.74) is 2.77. The fraction of sp³-hybridized carbons (Fsp3) is 0.385. The zero-order valence-electron chi connectivity index (χ0n) is 9.33. The Bertz CT molecular complexity index is 524. The second-order valence-corrected chi connectivity index (χ2v) is 5.44. The van der Waals surface area contributed by atoms with Crippen LogP contribution in [-0.4, -0.2) is 17.7 Å². The van der Waals surface area contributed by atoms with Gasteiger partial charge in [-0.25, -0.2) is 0 Å². The minimum atomic E-state index is 0.677. The Morgan fingerprint density at radius 1 is 1.38 bits per heavy atom. The maximum absolute atomic E-state index is 3.53. The molecule has 0 radical (unpaired) electrons. The van der Waals surface area contributed by atoms with Gasteiger partial charge in [-0.1, -0.05) is 22.0 Å². The van der Waals surface area contributed by atoms with Crippen LogP contribution in [0.2, 0.25) is 0 Å². The molecule has 0 amide bonds. The Balaban J connectivity index is 2.15. The number of nitrogens with one attached hydrogen (secondary N) is 1. The summed E-state index contributed by atoms with van der Waals surface area (Å²) in [4.78, 5) is 0. The molecule has 1 saturated heterocycles. The molecule has 1 aliphatic rings. The number of rotatable bonds is 1. The van der Waals surface area contributed by atoms with Crippen molar-refractivity contribution in [1.82, 2.24) is 9.88 Å². The number of hydrogen-bond donors (Lipinski definition) is 1. The van der Waals surface area contributed by atoms with Crippen molar-refractivity contribution in [1.29, 1.82) is 0 Å². The first-order valence-electron chi connectivity index (χ1n) is 5.71. The zero-order valence-corrected chi connectivity index (χ0v) is 10.9. The summed E-state index contributed by atoms with van der Waals surface area (Å²) in [6.07, 6.45) is 1.26. The molecule has 2 nitrogen and oxygen atoms in total. The van der Waals surface area contributed by atoms with Crippen LogP contribution in [0.5, 0.6) is 0 Å². The molecule has 1 aliphatic heterocycles. The van der Waals surface area contributed by atoms with E-state index in [4.69, 9.17) is 0 Å². The second-order valence-electron chi connectivity index (χ2n) is 4.52. The predicted octanol–water partition coefficient (Wildman–Crippen LogP) is 3.02. The highest BCUT2D eigenvalue weighted by Gasteiger charge is 2.20. The van der Waals surface area contributed by atoms with Gasteiger partial charge in [0, 0.05) is 35.2 Å². The molecule has 1 N–H and O–H groups in total. The highest BCUT2D eigenvalue weighted by molar-refractivity contribution is 9.10. The Kier molecular flexibility index (Phi) is 2.52. The maximum Gasteiger partial charge on any atom is 0.0491 e. The van der Waals surface area contributed by atoms with Crippen molar-refractivity contribution < 1.29 is 0 Å². The van der Waals surface area contributed by atoms with Gasteiger partial charge in [0.1, 0.15) is 0 Å². The molecule has 84 valence electrons.